The molecule has 4 nitrogen and oxygen atoms in total. The minimum absolute atomic E-state index is 0.176. The number of aromatic nitrogens is 2. The van der Waals surface area contributed by atoms with Crippen LogP contribution in [-0.2, 0) is 6.42 Å². The van der Waals surface area contributed by atoms with E-state index in [0.29, 0.717) is 24.4 Å². The van der Waals surface area contributed by atoms with Crippen molar-refractivity contribution in [2.45, 2.75) is 20.3 Å². The molecule has 0 bridgehead atoms. The summed E-state index contributed by atoms with van der Waals surface area (Å²) in [7, 11) is 0. The molecular weight excluding hydrogens is 315 g/mol. The highest BCUT2D eigenvalue weighted by atomic mass is 19.1. The molecule has 0 atom stereocenters. The Morgan fingerprint density at radius 1 is 0.920 bits per heavy atom. The zero-order valence-corrected chi connectivity index (χ0v) is 14.4. The second kappa shape index (κ2) is 7.75. The van der Waals surface area contributed by atoms with Gasteiger partial charge in [-0.2, -0.15) is 0 Å². The summed E-state index contributed by atoms with van der Waals surface area (Å²) >= 11 is 0. The fourth-order valence-corrected chi connectivity index (χ4v) is 2.62. The maximum atomic E-state index is 13.7. The summed E-state index contributed by atoms with van der Waals surface area (Å²) in [5.74, 6) is 1.95. The number of rotatable bonds is 6. The second-order valence-corrected chi connectivity index (χ2v) is 5.95. The molecule has 128 valence electrons. The Bertz CT molecular complexity index is 864. The molecule has 0 aliphatic rings. The van der Waals surface area contributed by atoms with Crippen LogP contribution in [0.25, 0.3) is 0 Å². The van der Waals surface area contributed by atoms with Gasteiger partial charge in [-0.15, -0.1) is 0 Å². The van der Waals surface area contributed by atoms with Crippen molar-refractivity contribution >= 4 is 17.3 Å². The zero-order chi connectivity index (χ0) is 17.6. The molecule has 2 aromatic carbocycles. The van der Waals surface area contributed by atoms with Gasteiger partial charge in [0.05, 0.1) is 0 Å². The highest BCUT2D eigenvalue weighted by Gasteiger charge is 2.04. The van der Waals surface area contributed by atoms with E-state index in [1.807, 2.05) is 44.2 Å². The number of hydrogen-bond donors (Lipinski definition) is 2. The standard InChI is InChI=1S/C20H21FN4/c1-14-6-5-8-17(12-14)25-20-13-19(23-15(2)24-20)22-11-10-16-7-3-4-9-18(16)21/h3-9,12-13H,10-11H2,1-2H3,(H2,22,23,24,25). The molecule has 25 heavy (non-hydrogen) atoms. The molecule has 0 radical (unpaired) electrons. The predicted octanol–water partition coefficient (Wildman–Crippen LogP) is 4.63. The van der Waals surface area contributed by atoms with Crippen LogP contribution >= 0.6 is 0 Å². The summed E-state index contributed by atoms with van der Waals surface area (Å²) in [6, 6.07) is 16.8. The minimum Gasteiger partial charge on any atom is -0.370 e. The molecule has 0 aliphatic carbocycles. The molecule has 0 aliphatic heterocycles. The number of nitrogens with one attached hydrogen (secondary N) is 2. The lowest BCUT2D eigenvalue weighted by molar-refractivity contribution is 0.610. The molecule has 2 N–H and O–H groups in total. The van der Waals surface area contributed by atoms with E-state index >= 15 is 0 Å². The van der Waals surface area contributed by atoms with Crippen LogP contribution in [0.15, 0.2) is 54.6 Å². The summed E-state index contributed by atoms with van der Waals surface area (Å²) in [5, 5.41) is 6.53. The average Bonchev–Trinajstić information content (AvgIpc) is 2.56. The third-order valence-corrected chi connectivity index (χ3v) is 3.79. The fourth-order valence-electron chi connectivity index (χ4n) is 2.62. The predicted molar refractivity (Wildman–Crippen MR) is 99.8 cm³/mol. The Hall–Kier alpha value is -2.95. The molecule has 3 aromatic rings. The maximum Gasteiger partial charge on any atom is 0.136 e. The Labute approximate surface area is 147 Å². The molecule has 0 unspecified atom stereocenters. The number of hydrogen-bond acceptors (Lipinski definition) is 4. The summed E-state index contributed by atoms with van der Waals surface area (Å²) < 4.78 is 13.7. The average molecular weight is 336 g/mol. The molecule has 0 saturated heterocycles. The smallest absolute Gasteiger partial charge is 0.136 e. The third-order valence-electron chi connectivity index (χ3n) is 3.79. The van der Waals surface area contributed by atoms with E-state index in [0.717, 1.165) is 17.3 Å². The van der Waals surface area contributed by atoms with E-state index in [2.05, 4.69) is 26.7 Å². The minimum atomic E-state index is -0.176. The first kappa shape index (κ1) is 16.9. The second-order valence-electron chi connectivity index (χ2n) is 5.95. The van der Waals surface area contributed by atoms with Crippen LogP contribution in [0, 0.1) is 19.7 Å². The summed E-state index contributed by atoms with van der Waals surface area (Å²) in [5.41, 5.74) is 2.85. The van der Waals surface area contributed by atoms with E-state index in [4.69, 9.17) is 0 Å². The van der Waals surface area contributed by atoms with E-state index in [-0.39, 0.29) is 5.82 Å². The molecule has 3 rings (SSSR count). The van der Waals surface area contributed by atoms with E-state index in [1.165, 1.54) is 11.6 Å². The van der Waals surface area contributed by atoms with Crippen LogP contribution in [0.2, 0.25) is 0 Å². The summed E-state index contributed by atoms with van der Waals surface area (Å²) in [4.78, 5) is 8.81. The highest BCUT2D eigenvalue weighted by Crippen LogP contribution is 2.18. The van der Waals surface area contributed by atoms with Gasteiger partial charge in [-0.1, -0.05) is 30.3 Å². The van der Waals surface area contributed by atoms with Crippen molar-refractivity contribution in [3.8, 4) is 0 Å². The Morgan fingerprint density at radius 3 is 2.52 bits per heavy atom. The molecule has 1 aromatic heterocycles. The van der Waals surface area contributed by atoms with Crippen molar-refractivity contribution in [2.75, 3.05) is 17.2 Å². The highest BCUT2D eigenvalue weighted by molar-refractivity contribution is 5.59. The van der Waals surface area contributed by atoms with E-state index < -0.39 is 0 Å². The molecule has 0 fully saturated rings. The number of aryl methyl sites for hydroxylation is 2. The Kier molecular flexibility index (Phi) is 5.23. The first-order valence-corrected chi connectivity index (χ1v) is 8.27. The number of benzene rings is 2. The molecule has 5 heteroatoms. The lowest BCUT2D eigenvalue weighted by atomic mass is 10.1. The van der Waals surface area contributed by atoms with E-state index in [1.54, 1.807) is 12.1 Å². The Balaban J connectivity index is 1.66. The quantitative estimate of drug-likeness (QED) is 0.689. The fraction of sp³-hybridized carbons (Fsp3) is 0.200. The molecule has 0 amide bonds. The third kappa shape index (κ3) is 4.76. The topological polar surface area (TPSA) is 49.8 Å². The van der Waals surface area contributed by atoms with Crippen molar-refractivity contribution in [1.82, 2.24) is 9.97 Å². The van der Waals surface area contributed by atoms with Gasteiger partial charge in [0.25, 0.3) is 0 Å². The van der Waals surface area contributed by atoms with Crippen LogP contribution in [0.1, 0.15) is 17.0 Å². The normalized spacial score (nSPS) is 10.5. The lowest BCUT2D eigenvalue weighted by Crippen LogP contribution is -2.09. The van der Waals surface area contributed by atoms with Gasteiger partial charge in [-0.05, 0) is 49.6 Å². The monoisotopic (exact) mass is 336 g/mol. The van der Waals surface area contributed by atoms with Crippen LogP contribution in [-0.4, -0.2) is 16.5 Å². The first-order valence-electron chi connectivity index (χ1n) is 8.27. The van der Waals surface area contributed by atoms with Gasteiger partial charge in [-0.25, -0.2) is 14.4 Å². The van der Waals surface area contributed by atoms with Crippen molar-refractivity contribution in [3.05, 3.63) is 77.4 Å². The molecule has 0 saturated carbocycles. The summed E-state index contributed by atoms with van der Waals surface area (Å²) in [6.07, 6.45) is 0.594. The van der Waals surface area contributed by atoms with Gasteiger partial charge in [-0.3, -0.25) is 0 Å². The number of nitrogens with zero attached hydrogens (tertiary/aromatic N) is 2. The van der Waals surface area contributed by atoms with Crippen molar-refractivity contribution in [3.63, 3.8) is 0 Å². The van der Waals surface area contributed by atoms with Crippen LogP contribution < -0.4 is 10.6 Å². The van der Waals surface area contributed by atoms with Gasteiger partial charge in [0.2, 0.25) is 0 Å². The number of anilines is 3. The molecule has 0 spiro atoms. The van der Waals surface area contributed by atoms with E-state index in [9.17, 15) is 4.39 Å². The van der Waals surface area contributed by atoms with Gasteiger partial charge in [0.1, 0.15) is 23.3 Å². The zero-order valence-electron chi connectivity index (χ0n) is 14.4. The molecule has 1 heterocycles. The van der Waals surface area contributed by atoms with Gasteiger partial charge >= 0.3 is 0 Å². The first-order chi connectivity index (χ1) is 12.1. The summed E-state index contributed by atoms with van der Waals surface area (Å²) in [6.45, 7) is 4.50. The Morgan fingerprint density at radius 2 is 1.72 bits per heavy atom. The number of halogens is 1. The SMILES string of the molecule is Cc1cccc(Nc2cc(NCCc3ccccc3F)nc(C)n2)c1. The maximum absolute atomic E-state index is 13.7. The van der Waals surface area contributed by atoms with Crippen molar-refractivity contribution in [2.24, 2.45) is 0 Å². The van der Waals surface area contributed by atoms with Crippen molar-refractivity contribution in [1.29, 1.82) is 0 Å². The van der Waals surface area contributed by atoms with Gasteiger partial charge in [0.15, 0.2) is 0 Å². The lowest BCUT2D eigenvalue weighted by Gasteiger charge is -2.11. The van der Waals surface area contributed by atoms with Crippen molar-refractivity contribution < 1.29 is 4.39 Å². The van der Waals surface area contributed by atoms with Crippen LogP contribution in [0.5, 0.6) is 0 Å². The largest absolute Gasteiger partial charge is 0.370 e. The van der Waals surface area contributed by atoms with Gasteiger partial charge < -0.3 is 10.6 Å². The van der Waals surface area contributed by atoms with Gasteiger partial charge in [0, 0.05) is 18.3 Å². The van der Waals surface area contributed by atoms with Crippen LogP contribution in [0.4, 0.5) is 21.7 Å². The molecular formula is C20H21FN4. The van der Waals surface area contributed by atoms with Crippen LogP contribution in [0.3, 0.4) is 0 Å².